The molecular weight excluding hydrogens is 132 g/mol. The highest BCUT2D eigenvalue weighted by molar-refractivity contribution is 7.99. The first-order valence-corrected chi connectivity index (χ1v) is 4.17. The van der Waals surface area contributed by atoms with Gasteiger partial charge in [0, 0.05) is 29.8 Å². The fourth-order valence-electron chi connectivity index (χ4n) is 1.03. The number of aliphatic imine (C=N–C) groups is 1. The Morgan fingerprint density at radius 3 is 3.67 bits per heavy atom. The van der Waals surface area contributed by atoms with Crippen LogP contribution in [0.5, 0.6) is 0 Å². The van der Waals surface area contributed by atoms with Gasteiger partial charge in [-0.2, -0.15) is 0 Å². The monoisotopic (exact) mass is 140 g/mol. The standard InChI is InChI=1S/C6H8N2S/c1-5-3-9-4-8-6(5)2-7-1/h1-2,5,8H,3-4H2. The van der Waals surface area contributed by atoms with E-state index in [0.717, 1.165) is 5.88 Å². The van der Waals surface area contributed by atoms with Crippen molar-refractivity contribution in [3.63, 3.8) is 0 Å². The van der Waals surface area contributed by atoms with Crippen molar-refractivity contribution in [1.29, 1.82) is 0 Å². The summed E-state index contributed by atoms with van der Waals surface area (Å²) in [5.74, 6) is 2.83. The maximum atomic E-state index is 4.06. The fourth-order valence-corrected chi connectivity index (χ4v) is 1.94. The third-order valence-electron chi connectivity index (χ3n) is 1.55. The zero-order valence-corrected chi connectivity index (χ0v) is 5.82. The van der Waals surface area contributed by atoms with Crippen molar-refractivity contribution in [2.75, 3.05) is 11.6 Å². The number of nitrogens with zero attached hydrogens (tertiary/aromatic N) is 1. The quantitative estimate of drug-likeness (QED) is 0.538. The van der Waals surface area contributed by atoms with Crippen molar-refractivity contribution in [2.45, 2.75) is 0 Å². The maximum Gasteiger partial charge on any atom is 0.0609 e. The minimum Gasteiger partial charge on any atom is -0.378 e. The summed E-state index contributed by atoms with van der Waals surface area (Å²) in [4.78, 5) is 4.06. The molecule has 0 radical (unpaired) electrons. The maximum absolute atomic E-state index is 4.06. The average Bonchev–Trinajstić information content (AvgIpc) is 2.33. The Labute approximate surface area is 58.4 Å². The van der Waals surface area contributed by atoms with E-state index < -0.39 is 0 Å². The fraction of sp³-hybridized carbons (Fsp3) is 0.500. The van der Waals surface area contributed by atoms with Gasteiger partial charge in [-0.15, -0.1) is 11.8 Å². The molecule has 0 aromatic rings. The van der Waals surface area contributed by atoms with Crippen LogP contribution in [0, 0.1) is 5.92 Å². The van der Waals surface area contributed by atoms with E-state index >= 15 is 0 Å². The zero-order chi connectivity index (χ0) is 6.10. The summed E-state index contributed by atoms with van der Waals surface area (Å²) < 4.78 is 0. The summed E-state index contributed by atoms with van der Waals surface area (Å²) in [6, 6.07) is 0. The second kappa shape index (κ2) is 2.06. The highest BCUT2D eigenvalue weighted by Crippen LogP contribution is 2.22. The molecule has 48 valence electrons. The van der Waals surface area contributed by atoms with Crippen molar-refractivity contribution in [3.05, 3.63) is 11.9 Å². The Morgan fingerprint density at radius 2 is 2.78 bits per heavy atom. The molecule has 0 aromatic heterocycles. The van der Waals surface area contributed by atoms with E-state index in [-0.39, 0.29) is 0 Å². The first kappa shape index (κ1) is 5.35. The number of hydrogen-bond donors (Lipinski definition) is 1. The van der Waals surface area contributed by atoms with Gasteiger partial charge in [0.05, 0.1) is 5.88 Å². The summed E-state index contributed by atoms with van der Waals surface area (Å²) in [6.07, 6.45) is 3.93. The molecule has 1 unspecified atom stereocenters. The number of hydrogen-bond acceptors (Lipinski definition) is 3. The van der Waals surface area contributed by atoms with Crippen LogP contribution in [0.1, 0.15) is 0 Å². The molecule has 0 spiro atoms. The molecule has 3 heteroatoms. The summed E-state index contributed by atoms with van der Waals surface area (Å²) >= 11 is 1.93. The highest BCUT2D eigenvalue weighted by atomic mass is 32.2. The van der Waals surface area contributed by atoms with E-state index in [9.17, 15) is 0 Å². The van der Waals surface area contributed by atoms with Gasteiger partial charge in [0.1, 0.15) is 0 Å². The van der Waals surface area contributed by atoms with Crippen molar-refractivity contribution < 1.29 is 0 Å². The van der Waals surface area contributed by atoms with E-state index in [0.29, 0.717) is 5.92 Å². The lowest BCUT2D eigenvalue weighted by Gasteiger charge is -2.19. The molecule has 2 heterocycles. The third-order valence-corrected chi connectivity index (χ3v) is 2.50. The van der Waals surface area contributed by atoms with Crippen LogP contribution in [-0.4, -0.2) is 17.8 Å². The first-order valence-electron chi connectivity index (χ1n) is 3.02. The normalized spacial score (nSPS) is 31.1. The third kappa shape index (κ3) is 0.852. The van der Waals surface area contributed by atoms with E-state index in [1.807, 2.05) is 24.2 Å². The molecule has 0 saturated carbocycles. The minimum atomic E-state index is 0.587. The summed E-state index contributed by atoms with van der Waals surface area (Å²) in [5.41, 5.74) is 1.30. The predicted molar refractivity (Wildman–Crippen MR) is 40.5 cm³/mol. The van der Waals surface area contributed by atoms with E-state index in [4.69, 9.17) is 0 Å². The second-order valence-electron chi connectivity index (χ2n) is 2.18. The van der Waals surface area contributed by atoms with Crippen LogP contribution >= 0.6 is 11.8 Å². The molecule has 2 aliphatic rings. The van der Waals surface area contributed by atoms with Crippen LogP contribution in [-0.2, 0) is 0 Å². The van der Waals surface area contributed by atoms with Gasteiger partial charge in [-0.3, -0.25) is 4.99 Å². The highest BCUT2D eigenvalue weighted by Gasteiger charge is 2.19. The van der Waals surface area contributed by atoms with Crippen LogP contribution < -0.4 is 5.32 Å². The van der Waals surface area contributed by atoms with Gasteiger partial charge >= 0.3 is 0 Å². The zero-order valence-electron chi connectivity index (χ0n) is 5.00. The minimum absolute atomic E-state index is 0.587. The lowest BCUT2D eigenvalue weighted by molar-refractivity contribution is 0.795. The molecule has 0 aromatic carbocycles. The Hall–Kier alpha value is -0.440. The van der Waals surface area contributed by atoms with Crippen molar-refractivity contribution >= 4 is 18.0 Å². The smallest absolute Gasteiger partial charge is 0.0609 e. The summed E-state index contributed by atoms with van der Waals surface area (Å²) in [7, 11) is 0. The molecule has 0 amide bonds. The van der Waals surface area contributed by atoms with Crippen LogP contribution in [0.3, 0.4) is 0 Å². The van der Waals surface area contributed by atoms with Gasteiger partial charge in [0.2, 0.25) is 0 Å². The Bertz CT molecular complexity index is 174. The van der Waals surface area contributed by atoms with Crippen molar-refractivity contribution in [1.82, 2.24) is 5.32 Å². The molecule has 2 rings (SSSR count). The number of rotatable bonds is 0. The molecule has 1 N–H and O–H groups in total. The van der Waals surface area contributed by atoms with E-state index in [1.165, 1.54) is 11.4 Å². The Balaban J connectivity index is 2.16. The predicted octanol–water partition coefficient (Wildman–Crippen LogP) is 0.822. The largest absolute Gasteiger partial charge is 0.378 e. The van der Waals surface area contributed by atoms with Gasteiger partial charge in [-0.25, -0.2) is 0 Å². The summed E-state index contributed by atoms with van der Waals surface area (Å²) in [5, 5.41) is 3.28. The molecule has 1 atom stereocenters. The number of fused-ring (bicyclic) bond motifs is 1. The molecule has 2 aliphatic heterocycles. The van der Waals surface area contributed by atoms with Gasteiger partial charge in [-0.1, -0.05) is 0 Å². The van der Waals surface area contributed by atoms with Gasteiger partial charge in [0.25, 0.3) is 0 Å². The molecule has 0 aliphatic carbocycles. The molecule has 1 fully saturated rings. The van der Waals surface area contributed by atoms with Crippen LogP contribution in [0.15, 0.2) is 16.9 Å². The number of thioether (sulfide) groups is 1. The lowest BCUT2D eigenvalue weighted by Crippen LogP contribution is -2.26. The Morgan fingerprint density at radius 1 is 1.78 bits per heavy atom. The average molecular weight is 140 g/mol. The van der Waals surface area contributed by atoms with Crippen LogP contribution in [0.25, 0.3) is 0 Å². The summed E-state index contributed by atoms with van der Waals surface area (Å²) in [6.45, 7) is 0. The number of allylic oxidation sites excluding steroid dienone is 1. The first-order chi connectivity index (χ1) is 4.47. The Kier molecular flexibility index (Phi) is 1.23. The molecular formula is C6H8N2S. The van der Waals surface area contributed by atoms with Gasteiger partial charge < -0.3 is 5.32 Å². The molecule has 9 heavy (non-hydrogen) atoms. The van der Waals surface area contributed by atoms with Crippen LogP contribution in [0.2, 0.25) is 0 Å². The lowest BCUT2D eigenvalue weighted by atomic mass is 10.1. The van der Waals surface area contributed by atoms with E-state index in [1.54, 1.807) is 0 Å². The SMILES string of the molecule is C1=NC=C2NCSCC12. The van der Waals surface area contributed by atoms with E-state index in [2.05, 4.69) is 10.3 Å². The van der Waals surface area contributed by atoms with Gasteiger partial charge in [-0.05, 0) is 0 Å². The van der Waals surface area contributed by atoms with Crippen molar-refractivity contribution in [3.8, 4) is 0 Å². The molecule has 0 bridgehead atoms. The van der Waals surface area contributed by atoms with Crippen molar-refractivity contribution in [2.24, 2.45) is 10.9 Å². The van der Waals surface area contributed by atoms with Crippen LogP contribution in [0.4, 0.5) is 0 Å². The molecule has 2 nitrogen and oxygen atoms in total. The molecule has 1 saturated heterocycles. The topological polar surface area (TPSA) is 24.4 Å². The van der Waals surface area contributed by atoms with Gasteiger partial charge in [0.15, 0.2) is 0 Å². The second-order valence-corrected chi connectivity index (χ2v) is 3.21. The number of nitrogens with one attached hydrogen (secondary N) is 1.